The molecule has 0 N–H and O–H groups in total. The van der Waals surface area contributed by atoms with Crippen LogP contribution >= 0.6 is 0 Å². The Bertz CT molecular complexity index is 159. The Labute approximate surface area is 64.0 Å². The molecule has 0 heteroatoms. The third-order valence-corrected chi connectivity index (χ3v) is 1.41. The topological polar surface area (TPSA) is 0 Å². The second-order valence-corrected chi connectivity index (χ2v) is 2.79. The van der Waals surface area contributed by atoms with Crippen molar-refractivity contribution < 1.29 is 0 Å². The van der Waals surface area contributed by atoms with Crippen LogP contribution in [-0.2, 0) is 0 Å². The van der Waals surface area contributed by atoms with Gasteiger partial charge < -0.3 is 0 Å². The van der Waals surface area contributed by atoms with Crippen molar-refractivity contribution >= 4 is 0 Å². The highest BCUT2D eigenvalue weighted by molar-refractivity contribution is 5.30. The lowest BCUT2D eigenvalue weighted by molar-refractivity contribution is 0.779. The van der Waals surface area contributed by atoms with Crippen LogP contribution in [0.3, 0.4) is 0 Å². The molecule has 0 nitrogen and oxygen atoms in total. The van der Waals surface area contributed by atoms with E-state index in [0.717, 1.165) is 5.57 Å². The van der Waals surface area contributed by atoms with Crippen LogP contribution in [-0.4, -0.2) is 0 Å². The Morgan fingerprint density at radius 1 is 1.40 bits per heavy atom. The van der Waals surface area contributed by atoms with Crippen molar-refractivity contribution in [2.75, 3.05) is 0 Å². The van der Waals surface area contributed by atoms with Crippen molar-refractivity contribution in [3.63, 3.8) is 0 Å². The van der Waals surface area contributed by atoms with Gasteiger partial charge in [-0.3, -0.25) is 0 Å². The molecule has 0 aliphatic carbocycles. The van der Waals surface area contributed by atoms with Crippen LogP contribution in [0.4, 0.5) is 0 Å². The van der Waals surface area contributed by atoms with Gasteiger partial charge in [-0.1, -0.05) is 44.7 Å². The van der Waals surface area contributed by atoms with Gasteiger partial charge in [0.15, 0.2) is 0 Å². The maximum absolute atomic E-state index is 3.88. The van der Waals surface area contributed by atoms with E-state index in [4.69, 9.17) is 0 Å². The van der Waals surface area contributed by atoms with Gasteiger partial charge in [0.25, 0.3) is 0 Å². The highest BCUT2D eigenvalue weighted by Gasteiger charge is 2.00. The van der Waals surface area contributed by atoms with Crippen LogP contribution in [0.1, 0.15) is 20.8 Å². The van der Waals surface area contributed by atoms with E-state index in [1.807, 2.05) is 19.1 Å². The van der Waals surface area contributed by atoms with Gasteiger partial charge in [0.05, 0.1) is 0 Å². The summed E-state index contributed by atoms with van der Waals surface area (Å²) in [6, 6.07) is 0. The number of hydrogen-bond acceptors (Lipinski definition) is 0. The molecule has 0 saturated heterocycles. The largest absolute Gasteiger partial charge is 0.0991 e. The predicted octanol–water partition coefficient (Wildman–Crippen LogP) is 3.33. The molecular formula is C10H16. The fraction of sp³-hybridized carbons (Fsp3) is 0.400. The SMILES string of the molecule is C=CC=C(C(=C)C)C(C)C. The summed E-state index contributed by atoms with van der Waals surface area (Å²) in [5.41, 5.74) is 2.42. The standard InChI is InChI=1S/C10H16/c1-6-7-10(8(2)3)9(4)5/h6-7,9H,1-2H2,3-5H3. The van der Waals surface area contributed by atoms with Crippen LogP contribution in [0.15, 0.2) is 36.5 Å². The molecule has 0 bridgehead atoms. The number of hydrogen-bond donors (Lipinski definition) is 0. The van der Waals surface area contributed by atoms with Gasteiger partial charge in [-0.05, 0) is 18.4 Å². The maximum Gasteiger partial charge on any atom is -0.0216 e. The summed E-state index contributed by atoms with van der Waals surface area (Å²) < 4.78 is 0. The van der Waals surface area contributed by atoms with Gasteiger partial charge in [0.2, 0.25) is 0 Å². The van der Waals surface area contributed by atoms with E-state index in [0.29, 0.717) is 5.92 Å². The molecule has 56 valence electrons. The Kier molecular flexibility index (Phi) is 3.78. The number of rotatable bonds is 3. The molecule has 0 amide bonds. The van der Waals surface area contributed by atoms with Crippen LogP contribution in [0.5, 0.6) is 0 Å². The summed E-state index contributed by atoms with van der Waals surface area (Å²) in [7, 11) is 0. The Hall–Kier alpha value is -0.780. The normalized spacial score (nSPS) is 11.8. The minimum Gasteiger partial charge on any atom is -0.0991 e. The van der Waals surface area contributed by atoms with E-state index >= 15 is 0 Å². The lowest BCUT2D eigenvalue weighted by Gasteiger charge is -2.09. The quantitative estimate of drug-likeness (QED) is 0.522. The molecule has 0 unspecified atom stereocenters. The molecule has 0 radical (unpaired) electrons. The molecule has 0 aliphatic rings. The molecule has 0 saturated carbocycles. The lowest BCUT2D eigenvalue weighted by Crippen LogP contribution is -1.93. The molecule has 10 heavy (non-hydrogen) atoms. The van der Waals surface area contributed by atoms with Crippen molar-refractivity contribution in [3.05, 3.63) is 36.5 Å². The van der Waals surface area contributed by atoms with Crippen LogP contribution in [0, 0.1) is 5.92 Å². The van der Waals surface area contributed by atoms with Gasteiger partial charge >= 0.3 is 0 Å². The minimum atomic E-state index is 0.551. The fourth-order valence-corrected chi connectivity index (χ4v) is 0.954. The zero-order chi connectivity index (χ0) is 8.15. The second-order valence-electron chi connectivity index (χ2n) is 2.79. The van der Waals surface area contributed by atoms with Gasteiger partial charge in [-0.15, -0.1) is 0 Å². The summed E-state index contributed by atoms with van der Waals surface area (Å²) in [4.78, 5) is 0. The minimum absolute atomic E-state index is 0.551. The molecule has 0 spiro atoms. The van der Waals surface area contributed by atoms with Crippen LogP contribution in [0.25, 0.3) is 0 Å². The van der Waals surface area contributed by atoms with Crippen molar-refractivity contribution in [1.82, 2.24) is 0 Å². The molecule has 0 aromatic carbocycles. The molecule has 0 atom stereocenters. The van der Waals surface area contributed by atoms with Gasteiger partial charge in [-0.25, -0.2) is 0 Å². The molecule has 0 aromatic rings. The van der Waals surface area contributed by atoms with Crippen molar-refractivity contribution in [3.8, 4) is 0 Å². The van der Waals surface area contributed by atoms with Crippen LogP contribution < -0.4 is 0 Å². The van der Waals surface area contributed by atoms with E-state index in [1.54, 1.807) is 0 Å². The average molecular weight is 136 g/mol. The summed E-state index contributed by atoms with van der Waals surface area (Å²) in [5, 5.41) is 0. The smallest absolute Gasteiger partial charge is 0.0216 e. The second kappa shape index (κ2) is 4.10. The zero-order valence-corrected chi connectivity index (χ0v) is 7.15. The zero-order valence-electron chi connectivity index (χ0n) is 7.15. The Morgan fingerprint density at radius 3 is 2.00 bits per heavy atom. The third-order valence-electron chi connectivity index (χ3n) is 1.41. The average Bonchev–Trinajstić information content (AvgIpc) is 1.81. The first-order valence-corrected chi connectivity index (χ1v) is 3.58. The first-order chi connectivity index (χ1) is 4.59. The molecule has 0 rings (SSSR count). The summed E-state index contributed by atoms with van der Waals surface area (Å²) in [5.74, 6) is 0.551. The van der Waals surface area contributed by atoms with E-state index in [1.165, 1.54) is 5.57 Å². The molecule has 0 heterocycles. The van der Waals surface area contributed by atoms with Gasteiger partial charge in [0.1, 0.15) is 0 Å². The molecule has 0 aromatic heterocycles. The fourth-order valence-electron chi connectivity index (χ4n) is 0.954. The number of allylic oxidation sites excluding steroid dienone is 4. The van der Waals surface area contributed by atoms with Crippen molar-refractivity contribution in [1.29, 1.82) is 0 Å². The van der Waals surface area contributed by atoms with E-state index < -0.39 is 0 Å². The van der Waals surface area contributed by atoms with Gasteiger partial charge in [0, 0.05) is 0 Å². The first-order valence-electron chi connectivity index (χ1n) is 3.58. The van der Waals surface area contributed by atoms with Crippen LogP contribution in [0.2, 0.25) is 0 Å². The molecule has 0 aliphatic heterocycles. The summed E-state index contributed by atoms with van der Waals surface area (Å²) in [6.45, 7) is 13.9. The Morgan fingerprint density at radius 2 is 1.90 bits per heavy atom. The Balaban J connectivity index is 4.41. The van der Waals surface area contributed by atoms with E-state index in [9.17, 15) is 0 Å². The lowest BCUT2D eigenvalue weighted by atomic mass is 9.97. The predicted molar refractivity (Wildman–Crippen MR) is 47.9 cm³/mol. The van der Waals surface area contributed by atoms with E-state index in [-0.39, 0.29) is 0 Å². The summed E-state index contributed by atoms with van der Waals surface area (Å²) >= 11 is 0. The van der Waals surface area contributed by atoms with Crippen molar-refractivity contribution in [2.24, 2.45) is 5.92 Å². The molecule has 0 fully saturated rings. The first kappa shape index (κ1) is 9.22. The monoisotopic (exact) mass is 136 g/mol. The molecular weight excluding hydrogens is 120 g/mol. The maximum atomic E-state index is 3.88. The summed E-state index contributed by atoms with van der Waals surface area (Å²) in [6.07, 6.45) is 3.83. The highest BCUT2D eigenvalue weighted by atomic mass is 14.1. The third kappa shape index (κ3) is 2.67. The highest BCUT2D eigenvalue weighted by Crippen LogP contribution is 2.16. The van der Waals surface area contributed by atoms with E-state index in [2.05, 4.69) is 27.0 Å². The van der Waals surface area contributed by atoms with Crippen molar-refractivity contribution in [2.45, 2.75) is 20.8 Å². The van der Waals surface area contributed by atoms with Gasteiger partial charge in [-0.2, -0.15) is 0 Å².